The van der Waals surface area contributed by atoms with E-state index in [0.29, 0.717) is 30.1 Å². The van der Waals surface area contributed by atoms with Crippen LogP contribution in [0, 0.1) is 41.4 Å². The van der Waals surface area contributed by atoms with Crippen molar-refractivity contribution in [1.82, 2.24) is 0 Å². The van der Waals surface area contributed by atoms with Gasteiger partial charge < -0.3 is 9.47 Å². The van der Waals surface area contributed by atoms with E-state index in [1.54, 1.807) is 0 Å². The smallest absolute Gasteiger partial charge is 0.319 e. The van der Waals surface area contributed by atoms with Crippen molar-refractivity contribution in [2.45, 2.75) is 57.2 Å². The number of ether oxygens (including phenoxy) is 2. The molecular formula is C25H30O4. The second kappa shape index (κ2) is 6.66. The second-order valence-electron chi connectivity index (χ2n) is 10.2. The van der Waals surface area contributed by atoms with Gasteiger partial charge in [-0.2, -0.15) is 0 Å². The highest BCUT2D eigenvalue weighted by Crippen LogP contribution is 2.68. The zero-order valence-electron chi connectivity index (χ0n) is 16.9. The van der Waals surface area contributed by atoms with Gasteiger partial charge in [-0.3, -0.25) is 9.59 Å². The van der Waals surface area contributed by atoms with Crippen LogP contribution >= 0.6 is 0 Å². The first kappa shape index (κ1) is 18.1. The molecule has 1 aromatic rings. The third-order valence-corrected chi connectivity index (χ3v) is 8.98. The molecule has 1 aliphatic heterocycles. The lowest BCUT2D eigenvalue weighted by atomic mass is 9.56. The Morgan fingerprint density at radius 2 is 1.93 bits per heavy atom. The first-order valence-corrected chi connectivity index (χ1v) is 11.5. The summed E-state index contributed by atoms with van der Waals surface area (Å²) < 4.78 is 12.2. The van der Waals surface area contributed by atoms with Gasteiger partial charge in [0.15, 0.2) is 0 Å². The summed E-state index contributed by atoms with van der Waals surface area (Å²) in [6.07, 6.45) is 8.01. The summed E-state index contributed by atoms with van der Waals surface area (Å²) in [5, 5.41) is 0. The van der Waals surface area contributed by atoms with Crippen molar-refractivity contribution in [1.29, 1.82) is 0 Å². The van der Waals surface area contributed by atoms with Crippen LogP contribution in [0.15, 0.2) is 30.3 Å². The van der Waals surface area contributed by atoms with E-state index in [9.17, 15) is 9.59 Å². The molecule has 154 valence electrons. The summed E-state index contributed by atoms with van der Waals surface area (Å²) in [5.41, 5.74) is 0.377. The SMILES string of the molecule is O=C1CC2C[C@@]3(OC[C@@H]4C[C@@H]5CCCC[C@H]5[C@H]2[C@@H]43)C1C(=O)OCc1ccccc1. The minimum Gasteiger partial charge on any atom is -0.460 e. The van der Waals surface area contributed by atoms with Crippen LogP contribution in [0.1, 0.15) is 50.5 Å². The average molecular weight is 395 g/mol. The molecular weight excluding hydrogens is 364 g/mol. The number of hydrogen-bond acceptors (Lipinski definition) is 4. The zero-order valence-corrected chi connectivity index (χ0v) is 16.9. The molecule has 5 aliphatic rings. The fourth-order valence-corrected chi connectivity index (χ4v) is 8.18. The number of rotatable bonds is 3. The van der Waals surface area contributed by atoms with Gasteiger partial charge >= 0.3 is 5.97 Å². The molecule has 0 radical (unpaired) electrons. The third kappa shape index (κ3) is 2.60. The highest BCUT2D eigenvalue weighted by Gasteiger charge is 2.72. The predicted octanol–water partition coefficient (Wildman–Crippen LogP) is 4.17. The van der Waals surface area contributed by atoms with Gasteiger partial charge in [-0.1, -0.05) is 49.6 Å². The maximum atomic E-state index is 13.2. The normalized spacial score (nSPS) is 44.8. The summed E-state index contributed by atoms with van der Waals surface area (Å²) in [7, 11) is 0. The van der Waals surface area contributed by atoms with Gasteiger partial charge in [0.2, 0.25) is 0 Å². The zero-order chi connectivity index (χ0) is 19.6. The molecule has 4 nitrogen and oxygen atoms in total. The number of Topliss-reactive ketones (excluding diaryl/α,β-unsaturated/α-hetero) is 1. The Labute approximate surface area is 172 Å². The molecule has 0 N–H and O–H groups in total. The lowest BCUT2D eigenvalue weighted by molar-refractivity contribution is -0.170. The molecule has 4 heteroatoms. The fraction of sp³-hybridized carbons (Fsp3) is 0.680. The van der Waals surface area contributed by atoms with Gasteiger partial charge in [-0.05, 0) is 60.3 Å². The van der Waals surface area contributed by atoms with E-state index in [-0.39, 0.29) is 18.4 Å². The quantitative estimate of drug-likeness (QED) is 0.570. The molecule has 4 aliphatic carbocycles. The van der Waals surface area contributed by atoms with E-state index in [1.807, 2.05) is 30.3 Å². The van der Waals surface area contributed by atoms with Crippen LogP contribution in [0.3, 0.4) is 0 Å². The molecule has 5 fully saturated rings. The molecule has 6 rings (SSSR count). The molecule has 29 heavy (non-hydrogen) atoms. The van der Waals surface area contributed by atoms with E-state index in [1.165, 1.54) is 32.1 Å². The highest BCUT2D eigenvalue weighted by molar-refractivity contribution is 6.01. The maximum Gasteiger partial charge on any atom is 0.319 e. The summed E-state index contributed by atoms with van der Waals surface area (Å²) in [4.78, 5) is 26.4. The first-order chi connectivity index (χ1) is 14.2. The van der Waals surface area contributed by atoms with Crippen molar-refractivity contribution in [3.05, 3.63) is 35.9 Å². The van der Waals surface area contributed by atoms with Crippen LogP contribution in [0.5, 0.6) is 0 Å². The van der Waals surface area contributed by atoms with E-state index in [4.69, 9.17) is 9.47 Å². The summed E-state index contributed by atoms with van der Waals surface area (Å²) in [6, 6.07) is 9.71. The molecule has 8 atom stereocenters. The number of carbonyl (C=O) groups excluding carboxylic acids is 2. The van der Waals surface area contributed by atoms with Gasteiger partial charge in [0.25, 0.3) is 0 Å². The van der Waals surface area contributed by atoms with Gasteiger partial charge in [-0.25, -0.2) is 0 Å². The Hall–Kier alpha value is -1.68. The molecule has 1 heterocycles. The summed E-state index contributed by atoms with van der Waals surface area (Å²) >= 11 is 0. The Balaban J connectivity index is 1.29. The molecule has 0 amide bonds. The molecule has 1 spiro atoms. The van der Waals surface area contributed by atoms with Crippen molar-refractivity contribution in [3.8, 4) is 0 Å². The van der Waals surface area contributed by atoms with Crippen molar-refractivity contribution in [2.24, 2.45) is 41.4 Å². The lowest BCUT2D eigenvalue weighted by Crippen LogP contribution is -2.52. The van der Waals surface area contributed by atoms with Crippen LogP contribution in [0.4, 0.5) is 0 Å². The van der Waals surface area contributed by atoms with Crippen LogP contribution in [0.2, 0.25) is 0 Å². The topological polar surface area (TPSA) is 52.6 Å². The lowest BCUT2D eigenvalue weighted by Gasteiger charge is -2.47. The second-order valence-corrected chi connectivity index (χ2v) is 10.2. The van der Waals surface area contributed by atoms with E-state index in [0.717, 1.165) is 30.4 Å². The largest absolute Gasteiger partial charge is 0.460 e. The van der Waals surface area contributed by atoms with Crippen LogP contribution in [-0.4, -0.2) is 24.0 Å². The summed E-state index contributed by atoms with van der Waals surface area (Å²) in [5.74, 6) is 2.45. The van der Waals surface area contributed by atoms with E-state index in [2.05, 4.69) is 0 Å². The Morgan fingerprint density at radius 3 is 2.79 bits per heavy atom. The van der Waals surface area contributed by atoms with Gasteiger partial charge in [0, 0.05) is 6.42 Å². The van der Waals surface area contributed by atoms with Crippen LogP contribution < -0.4 is 0 Å². The molecule has 1 aromatic carbocycles. The minimum absolute atomic E-state index is 0.0710. The van der Waals surface area contributed by atoms with E-state index >= 15 is 0 Å². The van der Waals surface area contributed by atoms with Gasteiger partial charge in [0.05, 0.1) is 12.2 Å². The molecule has 1 saturated heterocycles. The van der Waals surface area contributed by atoms with Crippen molar-refractivity contribution >= 4 is 11.8 Å². The number of carbonyl (C=O) groups is 2. The number of fused-ring (bicyclic) bond motifs is 4. The van der Waals surface area contributed by atoms with Gasteiger partial charge in [0.1, 0.15) is 18.3 Å². The Kier molecular flexibility index (Phi) is 4.16. The standard InChI is InChI=1S/C25H30O4/c26-20-11-17-12-25(23(20)24(27)28-13-15-6-2-1-3-7-15)22-18(14-29-25)10-16-8-4-5-9-19(16)21(17)22/h1-3,6-7,16-19,21-23H,4-5,8-14H2/t16-,17?,18-,19+,21-,22+,23?,25-/m0/s1. The molecule has 2 unspecified atom stereocenters. The van der Waals surface area contributed by atoms with Gasteiger partial charge in [-0.15, -0.1) is 0 Å². The average Bonchev–Trinajstić information content (AvgIpc) is 3.21. The molecule has 0 aromatic heterocycles. The van der Waals surface area contributed by atoms with Crippen LogP contribution in [0.25, 0.3) is 0 Å². The number of esters is 1. The van der Waals surface area contributed by atoms with Crippen molar-refractivity contribution in [2.75, 3.05) is 6.61 Å². The number of benzene rings is 1. The molecule has 4 saturated carbocycles. The molecule has 2 bridgehead atoms. The fourth-order valence-electron chi connectivity index (χ4n) is 8.18. The first-order valence-electron chi connectivity index (χ1n) is 11.5. The van der Waals surface area contributed by atoms with Crippen molar-refractivity contribution < 1.29 is 19.1 Å². The highest BCUT2D eigenvalue weighted by atomic mass is 16.5. The summed E-state index contributed by atoms with van der Waals surface area (Å²) in [6.45, 7) is 0.956. The number of ketones is 1. The third-order valence-electron chi connectivity index (χ3n) is 8.98. The Bertz CT molecular complexity index is 819. The monoisotopic (exact) mass is 394 g/mol. The number of hydrogen-bond donors (Lipinski definition) is 0. The minimum atomic E-state index is -0.720. The predicted molar refractivity (Wildman–Crippen MR) is 107 cm³/mol. The van der Waals surface area contributed by atoms with Crippen LogP contribution in [-0.2, 0) is 25.7 Å². The Morgan fingerprint density at radius 1 is 1.10 bits per heavy atom. The van der Waals surface area contributed by atoms with Crippen molar-refractivity contribution in [3.63, 3.8) is 0 Å². The van der Waals surface area contributed by atoms with E-state index < -0.39 is 11.5 Å². The maximum absolute atomic E-state index is 13.2.